The van der Waals surface area contributed by atoms with Crippen LogP contribution in [0.5, 0.6) is 0 Å². The zero-order chi connectivity index (χ0) is 14.3. The summed E-state index contributed by atoms with van der Waals surface area (Å²) < 4.78 is 0. The maximum atomic E-state index is 9.07. The lowest BCUT2D eigenvalue weighted by atomic mass is 10.0. The molecule has 0 saturated heterocycles. The number of anilines is 2. The summed E-state index contributed by atoms with van der Waals surface area (Å²) in [5, 5.41) is 12.4. The molecule has 108 valence electrons. The molecule has 0 spiro atoms. The highest BCUT2D eigenvalue weighted by Gasteiger charge is 2.11. The van der Waals surface area contributed by atoms with Gasteiger partial charge in [-0.25, -0.2) is 9.97 Å². The van der Waals surface area contributed by atoms with E-state index in [0.717, 1.165) is 49.4 Å². The minimum Gasteiger partial charge on any atom is -0.396 e. The van der Waals surface area contributed by atoms with Gasteiger partial charge in [-0.1, -0.05) is 20.3 Å². The standard InChI is InChI=1S/C14H26N4O/c1-4-6-11(7-8-19)9-16-14-10(3)13(15)17-12(5-2)18-14/h11,19H,4-9H2,1-3H3,(H3,15,16,17,18). The number of nitrogens with zero attached hydrogens (tertiary/aromatic N) is 2. The van der Waals surface area contributed by atoms with Gasteiger partial charge in [0.05, 0.1) is 0 Å². The van der Waals surface area contributed by atoms with Crippen LogP contribution in [0, 0.1) is 12.8 Å². The second kappa shape index (κ2) is 7.94. The Labute approximate surface area is 115 Å². The number of aliphatic hydroxyl groups excluding tert-OH is 1. The lowest BCUT2D eigenvalue weighted by Gasteiger charge is -2.17. The van der Waals surface area contributed by atoms with Crippen LogP contribution in [-0.2, 0) is 6.42 Å². The van der Waals surface area contributed by atoms with Crippen LogP contribution in [0.25, 0.3) is 0 Å². The number of aromatic nitrogens is 2. The van der Waals surface area contributed by atoms with Crippen molar-refractivity contribution >= 4 is 11.6 Å². The first-order valence-electron chi connectivity index (χ1n) is 7.10. The van der Waals surface area contributed by atoms with Gasteiger partial charge >= 0.3 is 0 Å². The van der Waals surface area contributed by atoms with E-state index in [9.17, 15) is 0 Å². The minimum atomic E-state index is 0.234. The van der Waals surface area contributed by atoms with Gasteiger partial charge in [0, 0.05) is 25.1 Å². The van der Waals surface area contributed by atoms with E-state index in [0.29, 0.717) is 11.7 Å². The van der Waals surface area contributed by atoms with Crippen molar-refractivity contribution in [3.8, 4) is 0 Å². The molecule has 5 nitrogen and oxygen atoms in total. The summed E-state index contributed by atoms with van der Waals surface area (Å²) in [5.74, 6) is 2.60. The van der Waals surface area contributed by atoms with Gasteiger partial charge in [-0.15, -0.1) is 0 Å². The van der Waals surface area contributed by atoms with Gasteiger partial charge in [0.1, 0.15) is 17.5 Å². The number of hydrogen-bond acceptors (Lipinski definition) is 5. The molecule has 5 heteroatoms. The molecule has 1 aromatic rings. The monoisotopic (exact) mass is 266 g/mol. The maximum Gasteiger partial charge on any atom is 0.134 e. The van der Waals surface area contributed by atoms with E-state index >= 15 is 0 Å². The molecule has 0 radical (unpaired) electrons. The Morgan fingerprint density at radius 1 is 1.26 bits per heavy atom. The summed E-state index contributed by atoms with van der Waals surface area (Å²) in [4.78, 5) is 8.72. The molecule has 0 amide bonds. The quantitative estimate of drug-likeness (QED) is 0.671. The second-order valence-corrected chi connectivity index (χ2v) is 4.90. The molecular weight excluding hydrogens is 240 g/mol. The highest BCUT2D eigenvalue weighted by atomic mass is 16.3. The van der Waals surface area contributed by atoms with Gasteiger partial charge in [-0.05, 0) is 25.7 Å². The fourth-order valence-electron chi connectivity index (χ4n) is 2.09. The summed E-state index contributed by atoms with van der Waals surface area (Å²) in [6.45, 7) is 7.15. The summed E-state index contributed by atoms with van der Waals surface area (Å²) >= 11 is 0. The van der Waals surface area contributed by atoms with Crippen LogP contribution >= 0.6 is 0 Å². The number of rotatable bonds is 8. The molecule has 19 heavy (non-hydrogen) atoms. The van der Waals surface area contributed by atoms with E-state index < -0.39 is 0 Å². The molecule has 0 bridgehead atoms. The molecule has 1 unspecified atom stereocenters. The molecule has 1 heterocycles. The Balaban J connectivity index is 2.72. The topological polar surface area (TPSA) is 84.1 Å². The Morgan fingerprint density at radius 3 is 2.58 bits per heavy atom. The average Bonchev–Trinajstić information content (AvgIpc) is 2.40. The molecule has 0 aliphatic rings. The zero-order valence-corrected chi connectivity index (χ0v) is 12.2. The summed E-state index contributed by atoms with van der Waals surface area (Å²) in [7, 11) is 0. The largest absolute Gasteiger partial charge is 0.396 e. The van der Waals surface area contributed by atoms with Crippen molar-refractivity contribution in [1.29, 1.82) is 0 Å². The van der Waals surface area contributed by atoms with Gasteiger partial charge in [0.2, 0.25) is 0 Å². The Hall–Kier alpha value is -1.36. The summed E-state index contributed by atoms with van der Waals surface area (Å²) in [6, 6.07) is 0. The van der Waals surface area contributed by atoms with Gasteiger partial charge in [0.15, 0.2) is 0 Å². The fourth-order valence-corrected chi connectivity index (χ4v) is 2.09. The second-order valence-electron chi connectivity index (χ2n) is 4.90. The molecule has 0 aliphatic heterocycles. The van der Waals surface area contributed by atoms with Crippen LogP contribution < -0.4 is 11.1 Å². The van der Waals surface area contributed by atoms with Crippen LogP contribution in [0.15, 0.2) is 0 Å². The van der Waals surface area contributed by atoms with E-state index in [-0.39, 0.29) is 6.61 Å². The lowest BCUT2D eigenvalue weighted by molar-refractivity contribution is 0.255. The van der Waals surface area contributed by atoms with E-state index in [4.69, 9.17) is 10.8 Å². The average molecular weight is 266 g/mol. The molecule has 4 N–H and O–H groups in total. The van der Waals surface area contributed by atoms with Gasteiger partial charge in [-0.2, -0.15) is 0 Å². The van der Waals surface area contributed by atoms with Gasteiger partial charge in [0.25, 0.3) is 0 Å². The molecule has 0 aromatic carbocycles. The number of aliphatic hydroxyl groups is 1. The SMILES string of the molecule is CCCC(CCO)CNc1nc(CC)nc(N)c1C. The number of nitrogen functional groups attached to an aromatic ring is 1. The van der Waals surface area contributed by atoms with E-state index in [1.54, 1.807) is 0 Å². The van der Waals surface area contributed by atoms with Crippen LogP contribution in [0.4, 0.5) is 11.6 Å². The van der Waals surface area contributed by atoms with Crippen LogP contribution in [0.2, 0.25) is 0 Å². The first-order chi connectivity index (χ1) is 9.12. The Bertz CT molecular complexity index is 389. The van der Waals surface area contributed by atoms with Crippen molar-refractivity contribution in [1.82, 2.24) is 9.97 Å². The summed E-state index contributed by atoms with van der Waals surface area (Å²) in [5.41, 5.74) is 6.79. The van der Waals surface area contributed by atoms with Crippen molar-refractivity contribution in [3.05, 3.63) is 11.4 Å². The van der Waals surface area contributed by atoms with Crippen molar-refractivity contribution < 1.29 is 5.11 Å². The van der Waals surface area contributed by atoms with E-state index in [1.165, 1.54) is 0 Å². The fraction of sp³-hybridized carbons (Fsp3) is 0.714. The number of hydrogen-bond donors (Lipinski definition) is 3. The number of nitrogens with one attached hydrogen (secondary N) is 1. The minimum absolute atomic E-state index is 0.234. The molecule has 0 saturated carbocycles. The van der Waals surface area contributed by atoms with Crippen LogP contribution in [0.3, 0.4) is 0 Å². The van der Waals surface area contributed by atoms with Crippen LogP contribution in [0.1, 0.15) is 44.5 Å². The first kappa shape index (κ1) is 15.7. The molecule has 0 fully saturated rings. The highest BCUT2D eigenvalue weighted by Crippen LogP contribution is 2.19. The van der Waals surface area contributed by atoms with Crippen molar-refractivity contribution in [2.24, 2.45) is 5.92 Å². The van der Waals surface area contributed by atoms with Crippen LogP contribution in [-0.4, -0.2) is 28.2 Å². The number of nitrogens with two attached hydrogens (primary N) is 1. The van der Waals surface area contributed by atoms with Gasteiger partial charge < -0.3 is 16.2 Å². The molecular formula is C14H26N4O. The van der Waals surface area contributed by atoms with Gasteiger partial charge in [-0.3, -0.25) is 0 Å². The normalized spacial score (nSPS) is 12.4. The first-order valence-corrected chi connectivity index (χ1v) is 7.10. The molecule has 1 rings (SSSR count). The Kier molecular flexibility index (Phi) is 6.56. The molecule has 0 aliphatic carbocycles. The number of aryl methyl sites for hydroxylation is 1. The third-order valence-electron chi connectivity index (χ3n) is 3.34. The van der Waals surface area contributed by atoms with E-state index in [2.05, 4.69) is 22.2 Å². The summed E-state index contributed by atoms with van der Waals surface area (Å²) in [6.07, 6.45) is 3.82. The lowest BCUT2D eigenvalue weighted by Crippen LogP contribution is -2.18. The predicted molar refractivity (Wildman–Crippen MR) is 79.1 cm³/mol. The maximum absolute atomic E-state index is 9.07. The van der Waals surface area contributed by atoms with E-state index in [1.807, 2.05) is 13.8 Å². The van der Waals surface area contributed by atoms with Crippen molar-refractivity contribution in [2.45, 2.75) is 46.5 Å². The molecule has 1 aromatic heterocycles. The third-order valence-corrected chi connectivity index (χ3v) is 3.34. The Morgan fingerprint density at radius 2 is 2.00 bits per heavy atom. The highest BCUT2D eigenvalue weighted by molar-refractivity contribution is 5.54. The zero-order valence-electron chi connectivity index (χ0n) is 12.2. The van der Waals surface area contributed by atoms with Crippen molar-refractivity contribution in [2.75, 3.05) is 24.2 Å². The predicted octanol–water partition coefficient (Wildman–Crippen LogP) is 2.14. The molecule has 1 atom stereocenters. The smallest absolute Gasteiger partial charge is 0.134 e. The third kappa shape index (κ3) is 4.67. The van der Waals surface area contributed by atoms with Crippen molar-refractivity contribution in [3.63, 3.8) is 0 Å².